The molecular weight excluding hydrogens is 1090 g/mol. The molecule has 0 aliphatic carbocycles. The average molecular weight is 1230 g/mol. The molecule has 0 fully saturated rings. The van der Waals surface area contributed by atoms with Crippen LogP contribution in [0.5, 0.6) is 0 Å². The minimum atomic E-state index is 0.149. The van der Waals surface area contributed by atoms with Crippen LogP contribution in [0, 0.1) is 21.7 Å². The van der Waals surface area contributed by atoms with Gasteiger partial charge in [0.05, 0.1) is 0 Å². The molecular formula is C87H141N3. The van der Waals surface area contributed by atoms with Crippen molar-refractivity contribution in [2.45, 2.75) is 331 Å². The lowest BCUT2D eigenvalue weighted by Gasteiger charge is -2.23. The summed E-state index contributed by atoms with van der Waals surface area (Å²) in [6.45, 7) is 80.8. The Morgan fingerprint density at radius 3 is 0.656 bits per heavy atom. The van der Waals surface area contributed by atoms with E-state index in [0.717, 1.165) is 25.0 Å². The van der Waals surface area contributed by atoms with Crippen molar-refractivity contribution in [3.63, 3.8) is 0 Å². The summed E-state index contributed by atoms with van der Waals surface area (Å²) in [6, 6.07) is 40.3. The predicted molar refractivity (Wildman–Crippen MR) is 404 cm³/mol. The Balaban J connectivity index is 0.000000540. The fourth-order valence-electron chi connectivity index (χ4n) is 9.30. The lowest BCUT2D eigenvalue weighted by molar-refractivity contribution is 0.378. The molecule has 3 heteroatoms. The van der Waals surface area contributed by atoms with Crippen molar-refractivity contribution >= 4 is 0 Å². The maximum absolute atomic E-state index is 4.55. The highest BCUT2D eigenvalue weighted by Gasteiger charge is 2.22. The van der Waals surface area contributed by atoms with Crippen molar-refractivity contribution < 1.29 is 0 Å². The van der Waals surface area contributed by atoms with Gasteiger partial charge in [-0.25, -0.2) is 0 Å². The molecule has 0 N–H and O–H groups in total. The Kier molecular flexibility index (Phi) is 30.3. The second kappa shape index (κ2) is 32.8. The number of rotatable bonds is 6. The van der Waals surface area contributed by atoms with Gasteiger partial charge in [0.25, 0.3) is 0 Å². The van der Waals surface area contributed by atoms with Gasteiger partial charge >= 0.3 is 0 Å². The summed E-state index contributed by atoms with van der Waals surface area (Å²) in [5.41, 5.74) is 19.3. The third-order valence-corrected chi connectivity index (χ3v) is 15.6. The molecule has 0 aliphatic rings. The van der Waals surface area contributed by atoms with E-state index in [9.17, 15) is 0 Å². The molecule has 0 atom stereocenters. The number of hydrogen-bond acceptors (Lipinski definition) is 3. The first kappa shape index (κ1) is 83.1. The zero-order valence-electron chi connectivity index (χ0n) is 65.7. The molecule has 0 saturated carbocycles. The van der Waals surface area contributed by atoms with Crippen molar-refractivity contribution in [2.24, 2.45) is 21.7 Å². The predicted octanol–water partition coefficient (Wildman–Crippen LogP) is 25.8. The molecule has 0 amide bonds. The van der Waals surface area contributed by atoms with E-state index >= 15 is 0 Å². The van der Waals surface area contributed by atoms with Gasteiger partial charge < -0.3 is 0 Å². The molecule has 0 unspecified atom stereocenters. The molecule has 3 nitrogen and oxygen atoms in total. The van der Waals surface area contributed by atoms with Crippen LogP contribution < -0.4 is 0 Å². The van der Waals surface area contributed by atoms with Gasteiger partial charge in [0, 0.05) is 51.9 Å². The van der Waals surface area contributed by atoms with E-state index in [1.165, 1.54) is 80.7 Å². The standard InChI is InChI=1S/C16H26.C15H25N.C15H24.C14H23N.C14H22.C13H21N/c1-15(2,3)12-11-13-7-9-14(10-8-13)16(4,5)6;1-14(2,3)10-9-12-7-8-13(16-11-12)15(4,5)6;1-14(2,3)11-12-7-9-13(10-8-12)15(4,5)6;1-13(2,3)9-11-7-8-12(15-10-11)14(4,5)6;1-13(2,3)11-7-9-12(10-8-11)14(4,5)6;1-12(2,3)10-7-8-11(14-9-10)13(4,5)6/h7-10H,11-12H2,1-6H3;7-8,11H,9-10H2,1-6H3;7-10H,11H2,1-6H3;7-8,10H,9H2,1-6H3;7-10H,1-6H3;7-9H,1-6H3. The zero-order chi connectivity index (χ0) is 70.1. The minimum absolute atomic E-state index is 0.149. The Hall–Kier alpha value is -4.89. The van der Waals surface area contributed by atoms with E-state index in [4.69, 9.17) is 0 Å². The molecule has 0 radical (unpaired) electrons. The van der Waals surface area contributed by atoms with Gasteiger partial charge in [-0.2, -0.15) is 0 Å². The second-order valence-electron chi connectivity index (χ2n) is 39.1. The van der Waals surface area contributed by atoms with Crippen LogP contribution in [0.1, 0.15) is 329 Å². The third-order valence-electron chi connectivity index (χ3n) is 15.6. The van der Waals surface area contributed by atoms with Gasteiger partial charge in [0.1, 0.15) is 0 Å². The first-order valence-corrected chi connectivity index (χ1v) is 34.3. The number of nitrogens with zero attached hydrogens (tertiary/aromatic N) is 3. The summed E-state index contributed by atoms with van der Waals surface area (Å²) in [4.78, 5) is 13.6. The van der Waals surface area contributed by atoms with Crippen LogP contribution in [0.25, 0.3) is 0 Å². The first-order chi connectivity index (χ1) is 40.2. The van der Waals surface area contributed by atoms with Crippen molar-refractivity contribution in [3.05, 3.63) is 195 Å². The van der Waals surface area contributed by atoms with Crippen LogP contribution in [-0.4, -0.2) is 15.0 Å². The van der Waals surface area contributed by atoms with Crippen molar-refractivity contribution in [2.75, 3.05) is 0 Å². The monoisotopic (exact) mass is 1230 g/mol. The summed E-state index contributed by atoms with van der Waals surface area (Å²) in [5, 5.41) is 0. The number of aromatic nitrogens is 3. The molecule has 0 saturated heterocycles. The molecule has 0 bridgehead atoms. The summed E-state index contributed by atoms with van der Waals surface area (Å²) in [6.07, 6.45) is 13.1. The maximum atomic E-state index is 4.55. The van der Waals surface area contributed by atoms with Crippen LogP contribution >= 0.6 is 0 Å². The minimum Gasteiger partial charge on any atom is -0.260 e. The molecule has 3 heterocycles. The van der Waals surface area contributed by atoms with Crippen LogP contribution in [-0.2, 0) is 69.0 Å². The number of aryl methyl sites for hydroxylation is 2. The summed E-state index contributed by atoms with van der Waals surface area (Å²) in [7, 11) is 0. The van der Waals surface area contributed by atoms with Gasteiger partial charge in [0.2, 0.25) is 0 Å². The fraction of sp³-hybridized carbons (Fsp3) is 0.621. The van der Waals surface area contributed by atoms with E-state index in [-0.39, 0.29) is 43.3 Å². The molecule has 0 aliphatic heterocycles. The largest absolute Gasteiger partial charge is 0.260 e. The van der Waals surface area contributed by atoms with Crippen molar-refractivity contribution in [3.8, 4) is 0 Å². The van der Waals surface area contributed by atoms with E-state index < -0.39 is 0 Å². The van der Waals surface area contributed by atoms with Gasteiger partial charge in [-0.15, -0.1) is 0 Å². The SMILES string of the molecule is CC(C)(C)CCc1ccc(C(C)(C)C)cc1.CC(C)(C)CCc1ccc(C(C)(C)C)nc1.CC(C)(C)Cc1ccc(C(C)(C)C)cc1.CC(C)(C)Cc1ccc(C(C)(C)C)nc1.CC(C)(C)c1ccc(C(C)(C)C)cc1.CC(C)(C)c1ccc(C(C)(C)C)nc1. The lowest BCUT2D eigenvalue weighted by atomic mass is 9.82. The highest BCUT2D eigenvalue weighted by molar-refractivity contribution is 5.32. The third kappa shape index (κ3) is 35.8. The topological polar surface area (TPSA) is 38.7 Å². The Bertz CT molecular complexity index is 2640. The quantitative estimate of drug-likeness (QED) is 0.167. The van der Waals surface area contributed by atoms with Gasteiger partial charge in [-0.3, -0.25) is 15.0 Å². The molecule has 3 aromatic carbocycles. The van der Waals surface area contributed by atoms with Crippen LogP contribution in [0.3, 0.4) is 0 Å². The highest BCUT2D eigenvalue weighted by atomic mass is 14.7. The van der Waals surface area contributed by atoms with Crippen molar-refractivity contribution in [1.29, 1.82) is 0 Å². The smallest absolute Gasteiger partial charge is 0.0457 e. The van der Waals surface area contributed by atoms with E-state index in [2.05, 4.69) is 373 Å². The molecule has 3 aromatic heterocycles. The number of pyridine rings is 3. The maximum Gasteiger partial charge on any atom is 0.0457 e. The summed E-state index contributed by atoms with van der Waals surface area (Å²) in [5.74, 6) is 0. The first-order valence-electron chi connectivity index (χ1n) is 34.3. The van der Waals surface area contributed by atoms with E-state index in [1.807, 2.05) is 18.6 Å². The second-order valence-corrected chi connectivity index (χ2v) is 39.1. The molecule has 90 heavy (non-hydrogen) atoms. The Morgan fingerprint density at radius 1 is 0.200 bits per heavy atom. The number of hydrogen-bond donors (Lipinski definition) is 0. The molecule has 0 spiro atoms. The van der Waals surface area contributed by atoms with Gasteiger partial charge in [0.15, 0.2) is 0 Å². The van der Waals surface area contributed by atoms with Crippen LogP contribution in [0.15, 0.2) is 128 Å². The zero-order valence-corrected chi connectivity index (χ0v) is 65.7. The summed E-state index contributed by atoms with van der Waals surface area (Å²) < 4.78 is 0. The lowest BCUT2D eigenvalue weighted by Crippen LogP contribution is -2.16. The van der Waals surface area contributed by atoms with Crippen LogP contribution in [0.4, 0.5) is 0 Å². The molecule has 6 aromatic rings. The highest BCUT2D eigenvalue weighted by Crippen LogP contribution is 2.31. The van der Waals surface area contributed by atoms with Crippen LogP contribution in [0.2, 0.25) is 0 Å². The van der Waals surface area contributed by atoms with Gasteiger partial charge in [-0.05, 0) is 156 Å². The normalized spacial score (nSPS) is 12.9. The Labute approximate surface area is 559 Å². The fourth-order valence-corrected chi connectivity index (χ4v) is 9.30. The average Bonchev–Trinajstić information content (AvgIpc) is 1.41. The van der Waals surface area contributed by atoms with E-state index in [0.29, 0.717) is 21.7 Å². The number of benzene rings is 3. The Morgan fingerprint density at radius 2 is 0.422 bits per heavy atom. The molecule has 6 rings (SSSR count). The summed E-state index contributed by atoms with van der Waals surface area (Å²) >= 11 is 0. The van der Waals surface area contributed by atoms with Gasteiger partial charge in [-0.1, -0.05) is 340 Å². The van der Waals surface area contributed by atoms with E-state index in [1.54, 1.807) is 0 Å². The molecule has 504 valence electrons. The van der Waals surface area contributed by atoms with Crippen molar-refractivity contribution in [1.82, 2.24) is 15.0 Å².